The van der Waals surface area contributed by atoms with Gasteiger partial charge in [-0.15, -0.1) is 0 Å². The van der Waals surface area contributed by atoms with Gasteiger partial charge in [-0.25, -0.2) is 9.59 Å². The van der Waals surface area contributed by atoms with Gasteiger partial charge in [0.05, 0.1) is 13.7 Å². The van der Waals surface area contributed by atoms with Crippen molar-refractivity contribution in [3.05, 3.63) is 228 Å². The van der Waals surface area contributed by atoms with E-state index in [4.69, 9.17) is 14.2 Å². The lowest BCUT2D eigenvalue weighted by atomic mass is 9.78. The van der Waals surface area contributed by atoms with Crippen molar-refractivity contribution in [2.45, 2.75) is 39.5 Å². The third-order valence-corrected chi connectivity index (χ3v) is 11.9. The second-order valence-electron chi connectivity index (χ2n) is 16.6. The predicted molar refractivity (Wildman–Crippen MR) is 264 cm³/mol. The minimum absolute atomic E-state index is 0.166. The maximum atomic E-state index is 12.7. The smallest absolute Gasteiger partial charge is 0.437 e. The van der Waals surface area contributed by atoms with Crippen LogP contribution in [0.25, 0.3) is 11.1 Å². The first-order chi connectivity index (χ1) is 32.0. The third-order valence-electron chi connectivity index (χ3n) is 11.9. The Morgan fingerprint density at radius 1 is 0.455 bits per heavy atom. The summed E-state index contributed by atoms with van der Waals surface area (Å²) in [7, 11) is 1.27. The summed E-state index contributed by atoms with van der Waals surface area (Å²) in [6, 6.07) is 67.7. The number of carbonyl (C=O) groups excluding carboxylic acids is 2. The van der Waals surface area contributed by atoms with E-state index in [9.17, 15) is 9.59 Å². The Labute approximate surface area is 387 Å². The van der Waals surface area contributed by atoms with Crippen LogP contribution in [0, 0.1) is 13.8 Å². The molecule has 0 N–H and O–H groups in total. The Hall–Kier alpha value is -8.10. The molecule has 8 nitrogen and oxygen atoms in total. The van der Waals surface area contributed by atoms with Gasteiger partial charge >= 0.3 is 12.3 Å². The molecule has 8 rings (SSSR count). The maximum absolute atomic E-state index is 12.7. The molecule has 0 aromatic heterocycles. The largest absolute Gasteiger partial charge is 0.513 e. The molecule has 0 bridgehead atoms. The lowest BCUT2D eigenvalue weighted by molar-refractivity contribution is 0.100. The number of hydrogen-bond acceptors (Lipinski definition) is 8. The highest BCUT2D eigenvalue weighted by molar-refractivity contribution is 5.81. The molecule has 0 saturated heterocycles. The minimum atomic E-state index is -0.769. The van der Waals surface area contributed by atoms with E-state index in [1.807, 2.05) is 48.5 Å². The quantitative estimate of drug-likeness (QED) is 0.0790. The molecule has 0 atom stereocenters. The second-order valence-corrected chi connectivity index (χ2v) is 16.6. The normalized spacial score (nSPS) is 11.0. The van der Waals surface area contributed by atoms with E-state index >= 15 is 0 Å². The topological polar surface area (TPSA) is 77.5 Å². The van der Waals surface area contributed by atoms with E-state index in [1.165, 1.54) is 18.2 Å². The van der Waals surface area contributed by atoms with E-state index < -0.39 is 12.3 Å². The SMILES string of the molecule is COC(=O)Oc1ccc(C(C)(C)c2ccc(OC(=O)OCCc3ccc(N(c4ccccc4)c4ccc(-c5ccc(N(c6ccccc6)c6ccc(C)c(C)c6)cc5)cc4)cc3)cc2)cc1. The fourth-order valence-corrected chi connectivity index (χ4v) is 7.89. The summed E-state index contributed by atoms with van der Waals surface area (Å²) in [4.78, 5) is 28.7. The van der Waals surface area contributed by atoms with E-state index in [1.54, 1.807) is 24.3 Å². The molecule has 0 amide bonds. The van der Waals surface area contributed by atoms with Gasteiger partial charge in [0.2, 0.25) is 0 Å². The summed E-state index contributed by atoms with van der Waals surface area (Å²) in [6.45, 7) is 8.64. The van der Waals surface area contributed by atoms with Crippen LogP contribution in [0.4, 0.5) is 43.7 Å². The molecular weight excluding hydrogens is 821 g/mol. The van der Waals surface area contributed by atoms with Crippen molar-refractivity contribution >= 4 is 46.4 Å². The molecule has 8 aromatic carbocycles. The van der Waals surface area contributed by atoms with Gasteiger partial charge in [-0.3, -0.25) is 0 Å². The van der Waals surface area contributed by atoms with Crippen LogP contribution in [0.3, 0.4) is 0 Å². The molecule has 8 aromatic rings. The fraction of sp³-hybridized carbons (Fsp3) is 0.138. The number of aryl methyl sites for hydroxylation is 2. The molecular formula is C58H52N2O6. The van der Waals surface area contributed by atoms with Gasteiger partial charge in [0.1, 0.15) is 11.5 Å². The van der Waals surface area contributed by atoms with Gasteiger partial charge in [-0.2, -0.15) is 0 Å². The van der Waals surface area contributed by atoms with Crippen LogP contribution in [-0.2, 0) is 21.3 Å². The molecule has 0 fully saturated rings. The number of methoxy groups -OCH3 is 1. The first-order valence-corrected chi connectivity index (χ1v) is 21.9. The van der Waals surface area contributed by atoms with Crippen LogP contribution in [-0.4, -0.2) is 26.0 Å². The molecule has 0 heterocycles. The molecule has 0 radical (unpaired) electrons. The average Bonchev–Trinajstić information content (AvgIpc) is 3.35. The Kier molecular flexibility index (Phi) is 13.6. The van der Waals surface area contributed by atoms with Crippen molar-refractivity contribution in [1.82, 2.24) is 0 Å². The molecule has 330 valence electrons. The Bertz CT molecular complexity index is 2860. The number of benzene rings is 8. The fourth-order valence-electron chi connectivity index (χ4n) is 7.89. The highest BCUT2D eigenvalue weighted by atomic mass is 16.7. The summed E-state index contributed by atoms with van der Waals surface area (Å²) >= 11 is 0. The first-order valence-electron chi connectivity index (χ1n) is 21.9. The number of anilines is 6. The van der Waals surface area contributed by atoms with E-state index in [-0.39, 0.29) is 12.0 Å². The van der Waals surface area contributed by atoms with Crippen LogP contribution < -0.4 is 19.3 Å². The van der Waals surface area contributed by atoms with Crippen LogP contribution in [0.1, 0.15) is 41.7 Å². The van der Waals surface area contributed by atoms with Crippen molar-refractivity contribution in [3.8, 4) is 22.6 Å². The lowest BCUT2D eigenvalue weighted by Gasteiger charge is -2.26. The summed E-state index contributed by atoms with van der Waals surface area (Å²) in [6.07, 6.45) is -1.01. The third kappa shape index (κ3) is 10.5. The number of carbonyl (C=O) groups is 2. The van der Waals surface area contributed by atoms with E-state index in [0.717, 1.165) is 61.9 Å². The summed E-state index contributed by atoms with van der Waals surface area (Å²) in [5, 5.41) is 0. The Balaban J connectivity index is 0.891. The standard InChI is InChI=1S/C58H52N2O6/c1-41-16-27-53(40-42(41)2)60(49-14-10-7-11-15-49)52-32-21-45(22-33-52)44-19-30-51(31-20-44)59(48-12-8-6-9-13-48)50-28-17-43(18-29-50)38-39-64-57(62)66-55-36-25-47(26-37-55)58(3,4)46-23-34-54(35-24-46)65-56(61)63-5/h6-37,40H,38-39H2,1-5H3. The number of para-hydroxylation sites is 2. The lowest BCUT2D eigenvalue weighted by Crippen LogP contribution is -2.19. The predicted octanol–water partition coefficient (Wildman–Crippen LogP) is 15.1. The van der Waals surface area contributed by atoms with Crippen molar-refractivity contribution in [1.29, 1.82) is 0 Å². The van der Waals surface area contributed by atoms with Gasteiger partial charge in [0.25, 0.3) is 0 Å². The van der Waals surface area contributed by atoms with E-state index in [0.29, 0.717) is 17.9 Å². The van der Waals surface area contributed by atoms with Gasteiger partial charge in [-0.1, -0.05) is 117 Å². The van der Waals surface area contributed by atoms with Crippen molar-refractivity contribution in [3.63, 3.8) is 0 Å². The van der Waals surface area contributed by atoms with Gasteiger partial charge < -0.3 is 28.7 Å². The molecule has 0 unspecified atom stereocenters. The molecule has 0 aliphatic carbocycles. The number of ether oxygens (including phenoxy) is 4. The van der Waals surface area contributed by atoms with Gasteiger partial charge in [-0.05, 0) is 150 Å². The first kappa shape index (κ1) is 44.5. The van der Waals surface area contributed by atoms with Crippen LogP contribution in [0.5, 0.6) is 11.5 Å². The average molecular weight is 873 g/mol. The molecule has 8 heteroatoms. The van der Waals surface area contributed by atoms with Crippen LogP contribution >= 0.6 is 0 Å². The van der Waals surface area contributed by atoms with Crippen LogP contribution in [0.15, 0.2) is 200 Å². The molecule has 0 spiro atoms. The van der Waals surface area contributed by atoms with E-state index in [2.05, 4.69) is 170 Å². The van der Waals surface area contributed by atoms with Gasteiger partial charge in [0.15, 0.2) is 0 Å². The number of nitrogens with zero attached hydrogens (tertiary/aromatic N) is 2. The zero-order valence-electron chi connectivity index (χ0n) is 37.8. The molecule has 0 saturated carbocycles. The van der Waals surface area contributed by atoms with Crippen LogP contribution in [0.2, 0.25) is 0 Å². The zero-order valence-corrected chi connectivity index (χ0v) is 37.8. The summed E-state index contributed by atoms with van der Waals surface area (Å²) in [5.74, 6) is 0.782. The summed E-state index contributed by atoms with van der Waals surface area (Å²) in [5.41, 5.74) is 13.9. The highest BCUT2D eigenvalue weighted by Gasteiger charge is 2.24. The second kappa shape index (κ2) is 20.2. The Morgan fingerprint density at radius 2 is 0.864 bits per heavy atom. The minimum Gasteiger partial charge on any atom is -0.437 e. The maximum Gasteiger partial charge on any atom is 0.513 e. The molecule has 66 heavy (non-hydrogen) atoms. The van der Waals surface area contributed by atoms with Gasteiger partial charge in [0, 0.05) is 46.0 Å². The number of hydrogen-bond donors (Lipinski definition) is 0. The van der Waals surface area contributed by atoms with Crippen molar-refractivity contribution in [2.24, 2.45) is 0 Å². The molecule has 0 aliphatic rings. The molecule has 0 aliphatic heterocycles. The van der Waals surface area contributed by atoms with Crippen molar-refractivity contribution in [2.75, 3.05) is 23.5 Å². The monoisotopic (exact) mass is 872 g/mol. The van der Waals surface area contributed by atoms with Crippen molar-refractivity contribution < 1.29 is 28.5 Å². The zero-order chi connectivity index (χ0) is 46.0. The number of rotatable bonds is 14. The highest BCUT2D eigenvalue weighted by Crippen LogP contribution is 2.39. The summed E-state index contributed by atoms with van der Waals surface area (Å²) < 4.78 is 20.6. The Morgan fingerprint density at radius 3 is 1.32 bits per heavy atom.